The van der Waals surface area contributed by atoms with Gasteiger partial charge in [0.15, 0.2) is 0 Å². The zero-order valence-electron chi connectivity index (χ0n) is 13.3. The smallest absolute Gasteiger partial charge is 0.230 e. The van der Waals surface area contributed by atoms with Gasteiger partial charge in [0.2, 0.25) is 5.91 Å². The maximum absolute atomic E-state index is 13.0. The molecule has 2 aliphatic rings. The summed E-state index contributed by atoms with van der Waals surface area (Å²) >= 11 is 0. The van der Waals surface area contributed by atoms with Crippen LogP contribution in [-0.2, 0) is 10.2 Å². The largest absolute Gasteiger partial charge is 0.351 e. The second-order valence-corrected chi connectivity index (χ2v) is 6.71. The molecular weight excluding hydrogens is 296 g/mol. The van der Waals surface area contributed by atoms with Gasteiger partial charge in [-0.15, -0.1) is 12.4 Å². The van der Waals surface area contributed by atoms with E-state index >= 15 is 0 Å². The number of benzene rings is 1. The predicted molar refractivity (Wildman–Crippen MR) is 92.4 cm³/mol. The lowest BCUT2D eigenvalue weighted by molar-refractivity contribution is -0.127. The molecule has 0 aromatic heterocycles. The van der Waals surface area contributed by atoms with Crippen LogP contribution in [0, 0.1) is 5.92 Å². The summed E-state index contributed by atoms with van der Waals surface area (Å²) in [5, 5.41) is 6.75. The molecule has 1 aliphatic carbocycles. The molecule has 3 rings (SSSR count). The number of piperidine rings is 1. The van der Waals surface area contributed by atoms with E-state index in [2.05, 4.69) is 29.7 Å². The molecule has 1 saturated heterocycles. The van der Waals surface area contributed by atoms with Gasteiger partial charge in [0, 0.05) is 12.6 Å². The van der Waals surface area contributed by atoms with E-state index in [0.717, 1.165) is 45.2 Å². The molecule has 1 saturated carbocycles. The van der Waals surface area contributed by atoms with Crippen molar-refractivity contribution in [3.8, 4) is 0 Å². The lowest BCUT2D eigenvalue weighted by Gasteiger charge is -2.35. The van der Waals surface area contributed by atoms with Gasteiger partial charge in [-0.1, -0.05) is 50.1 Å². The maximum Gasteiger partial charge on any atom is 0.230 e. The molecule has 1 aromatic carbocycles. The Morgan fingerprint density at radius 1 is 1.23 bits per heavy atom. The van der Waals surface area contributed by atoms with E-state index in [1.165, 1.54) is 5.56 Å². The van der Waals surface area contributed by atoms with Crippen molar-refractivity contribution in [2.75, 3.05) is 13.1 Å². The highest BCUT2D eigenvalue weighted by Gasteiger charge is 2.43. The number of carbonyl (C=O) groups is 1. The van der Waals surface area contributed by atoms with Gasteiger partial charge in [0.25, 0.3) is 0 Å². The highest BCUT2D eigenvalue weighted by atomic mass is 35.5. The van der Waals surface area contributed by atoms with Crippen LogP contribution in [-0.4, -0.2) is 25.0 Å². The Bertz CT molecular complexity index is 485. The first-order valence-corrected chi connectivity index (χ1v) is 8.29. The molecule has 122 valence electrons. The zero-order valence-corrected chi connectivity index (χ0v) is 14.1. The molecule has 1 heterocycles. The van der Waals surface area contributed by atoms with Crippen LogP contribution in [0.1, 0.15) is 44.6 Å². The number of halogens is 1. The van der Waals surface area contributed by atoms with Crippen molar-refractivity contribution in [3.05, 3.63) is 35.9 Å². The third kappa shape index (κ3) is 3.31. The summed E-state index contributed by atoms with van der Waals surface area (Å²) in [6, 6.07) is 10.6. The van der Waals surface area contributed by atoms with Crippen molar-refractivity contribution in [2.45, 2.75) is 50.5 Å². The Kier molecular flexibility index (Phi) is 5.87. The van der Waals surface area contributed by atoms with Crippen LogP contribution < -0.4 is 10.6 Å². The van der Waals surface area contributed by atoms with E-state index < -0.39 is 0 Å². The molecule has 2 unspecified atom stereocenters. The summed E-state index contributed by atoms with van der Waals surface area (Å²) in [5.74, 6) is 0.802. The first-order chi connectivity index (χ1) is 10.2. The van der Waals surface area contributed by atoms with E-state index in [4.69, 9.17) is 0 Å². The van der Waals surface area contributed by atoms with Crippen LogP contribution in [0.2, 0.25) is 0 Å². The lowest BCUT2D eigenvalue weighted by atomic mass is 9.77. The van der Waals surface area contributed by atoms with E-state index in [9.17, 15) is 4.79 Å². The van der Waals surface area contributed by atoms with E-state index in [-0.39, 0.29) is 29.8 Å². The fourth-order valence-corrected chi connectivity index (χ4v) is 3.87. The highest BCUT2D eigenvalue weighted by Crippen LogP contribution is 2.41. The van der Waals surface area contributed by atoms with Gasteiger partial charge in [-0.3, -0.25) is 4.79 Å². The molecule has 2 N–H and O–H groups in total. The number of rotatable bonds is 3. The third-order valence-electron chi connectivity index (χ3n) is 5.36. The van der Waals surface area contributed by atoms with Crippen LogP contribution in [0.3, 0.4) is 0 Å². The predicted octanol–water partition coefficient (Wildman–Crippen LogP) is 3.03. The Morgan fingerprint density at radius 3 is 2.55 bits per heavy atom. The normalized spacial score (nSPS) is 27.0. The molecule has 3 nitrogen and oxygen atoms in total. The number of hydrogen-bond donors (Lipinski definition) is 2. The molecule has 0 spiro atoms. The Balaban J connectivity index is 0.00000176. The van der Waals surface area contributed by atoms with Gasteiger partial charge >= 0.3 is 0 Å². The van der Waals surface area contributed by atoms with Crippen LogP contribution in [0.5, 0.6) is 0 Å². The number of amides is 1. The van der Waals surface area contributed by atoms with Gasteiger partial charge in [-0.25, -0.2) is 0 Å². The van der Waals surface area contributed by atoms with E-state index in [0.29, 0.717) is 5.92 Å². The summed E-state index contributed by atoms with van der Waals surface area (Å²) in [5.41, 5.74) is 0.898. The second kappa shape index (κ2) is 7.47. The minimum absolute atomic E-state index is 0. The zero-order chi connectivity index (χ0) is 14.7. The molecule has 2 fully saturated rings. The molecule has 0 radical (unpaired) electrons. The van der Waals surface area contributed by atoms with Crippen molar-refractivity contribution < 1.29 is 4.79 Å². The number of carbonyl (C=O) groups excluding carboxylic acids is 1. The molecule has 1 aliphatic heterocycles. The van der Waals surface area contributed by atoms with Gasteiger partial charge in [-0.05, 0) is 37.3 Å². The van der Waals surface area contributed by atoms with E-state index in [1.807, 2.05) is 18.2 Å². The topological polar surface area (TPSA) is 41.1 Å². The fraction of sp³-hybridized carbons (Fsp3) is 0.611. The molecule has 1 aromatic rings. The first-order valence-electron chi connectivity index (χ1n) is 8.29. The van der Waals surface area contributed by atoms with Gasteiger partial charge in [-0.2, -0.15) is 0 Å². The fourth-order valence-electron chi connectivity index (χ4n) is 3.87. The molecular formula is C18H27ClN2O. The summed E-state index contributed by atoms with van der Waals surface area (Å²) < 4.78 is 0. The average molecular weight is 323 g/mol. The highest BCUT2D eigenvalue weighted by molar-refractivity contribution is 5.88. The van der Waals surface area contributed by atoms with E-state index in [1.54, 1.807) is 0 Å². The van der Waals surface area contributed by atoms with Crippen LogP contribution in [0.25, 0.3) is 0 Å². The lowest BCUT2D eigenvalue weighted by Crippen LogP contribution is -2.54. The standard InChI is InChI=1S/C18H26N2O.ClH/c1-14-9-12-19-13-16(14)20-17(21)18(10-5-6-11-18)15-7-3-2-4-8-15;/h2-4,7-8,14,16,19H,5-6,9-13H2,1H3,(H,20,21);1H. The van der Waals surface area contributed by atoms with Crippen LogP contribution in [0.4, 0.5) is 0 Å². The number of hydrogen-bond acceptors (Lipinski definition) is 2. The Labute approximate surface area is 139 Å². The summed E-state index contributed by atoms with van der Waals surface area (Å²) in [6.45, 7) is 4.21. The van der Waals surface area contributed by atoms with Gasteiger partial charge in [0.05, 0.1) is 5.41 Å². The molecule has 1 amide bonds. The summed E-state index contributed by atoms with van der Waals surface area (Å²) in [6.07, 6.45) is 5.42. The Morgan fingerprint density at radius 2 is 1.91 bits per heavy atom. The minimum Gasteiger partial charge on any atom is -0.351 e. The Hall–Kier alpha value is -1.06. The monoisotopic (exact) mass is 322 g/mol. The first kappa shape index (κ1) is 17.3. The van der Waals surface area contributed by atoms with Crippen molar-refractivity contribution in [3.63, 3.8) is 0 Å². The number of nitrogens with one attached hydrogen (secondary N) is 2. The van der Waals surface area contributed by atoms with Crippen molar-refractivity contribution in [1.82, 2.24) is 10.6 Å². The SMILES string of the molecule is CC1CCNCC1NC(=O)C1(c2ccccc2)CCCC1.Cl. The third-order valence-corrected chi connectivity index (χ3v) is 5.36. The van der Waals surface area contributed by atoms with Gasteiger partial charge in [0.1, 0.15) is 0 Å². The van der Waals surface area contributed by atoms with Crippen LogP contribution >= 0.6 is 12.4 Å². The minimum atomic E-state index is -0.293. The average Bonchev–Trinajstić information content (AvgIpc) is 3.01. The molecule has 2 atom stereocenters. The maximum atomic E-state index is 13.0. The summed E-state index contributed by atoms with van der Waals surface area (Å²) in [4.78, 5) is 13.0. The second-order valence-electron chi connectivity index (χ2n) is 6.71. The summed E-state index contributed by atoms with van der Waals surface area (Å²) in [7, 11) is 0. The van der Waals surface area contributed by atoms with Gasteiger partial charge < -0.3 is 10.6 Å². The quantitative estimate of drug-likeness (QED) is 0.898. The molecule has 4 heteroatoms. The van der Waals surface area contributed by atoms with Crippen molar-refractivity contribution in [1.29, 1.82) is 0 Å². The molecule has 0 bridgehead atoms. The van der Waals surface area contributed by atoms with Crippen LogP contribution in [0.15, 0.2) is 30.3 Å². The molecule has 22 heavy (non-hydrogen) atoms. The van der Waals surface area contributed by atoms with Crippen molar-refractivity contribution in [2.24, 2.45) is 5.92 Å². The van der Waals surface area contributed by atoms with Crippen molar-refractivity contribution >= 4 is 18.3 Å².